The second kappa shape index (κ2) is 11.0. The summed E-state index contributed by atoms with van der Waals surface area (Å²) in [4.78, 5) is 5.02. The highest BCUT2D eigenvalue weighted by Gasteiger charge is 2.20. The molecule has 1 aliphatic rings. The lowest BCUT2D eigenvalue weighted by Crippen LogP contribution is -2.47. The Labute approximate surface area is 192 Å². The zero-order valence-electron chi connectivity index (χ0n) is 19.6. The van der Waals surface area contributed by atoms with Crippen molar-refractivity contribution in [3.05, 3.63) is 47.5 Å². The largest absolute Gasteiger partial charge is 0.495 e. The molecule has 0 atom stereocenters. The fourth-order valence-electron chi connectivity index (χ4n) is 4.13. The number of piperazine rings is 1. The number of sulfonamides is 1. The molecule has 0 saturated carbocycles. The Hall–Kier alpha value is -2.29. The van der Waals surface area contributed by atoms with Gasteiger partial charge in [-0.05, 0) is 69.1 Å². The van der Waals surface area contributed by atoms with Crippen molar-refractivity contribution < 1.29 is 17.9 Å². The fourth-order valence-corrected chi connectivity index (χ4v) is 5.38. The molecule has 2 aromatic rings. The van der Waals surface area contributed by atoms with E-state index < -0.39 is 10.0 Å². The Balaban J connectivity index is 1.46. The van der Waals surface area contributed by atoms with E-state index in [4.69, 9.17) is 9.47 Å². The Bertz CT molecular complexity index is 979. The molecule has 0 aromatic heterocycles. The normalized spacial score (nSPS) is 15.1. The quantitative estimate of drug-likeness (QED) is 0.548. The van der Waals surface area contributed by atoms with E-state index in [0.29, 0.717) is 18.0 Å². The van der Waals surface area contributed by atoms with E-state index in [0.717, 1.165) is 67.5 Å². The number of methoxy groups -OCH3 is 1. The highest BCUT2D eigenvalue weighted by molar-refractivity contribution is 7.89. The summed E-state index contributed by atoms with van der Waals surface area (Å²) in [5.74, 6) is 1.66. The monoisotopic (exact) mass is 461 g/mol. The van der Waals surface area contributed by atoms with Gasteiger partial charge in [-0.3, -0.25) is 4.90 Å². The number of aryl methyl sites for hydroxylation is 2. The van der Waals surface area contributed by atoms with Crippen LogP contribution in [-0.4, -0.2) is 66.3 Å². The van der Waals surface area contributed by atoms with E-state index in [-0.39, 0.29) is 0 Å². The van der Waals surface area contributed by atoms with Gasteiger partial charge in [0.1, 0.15) is 11.5 Å². The first-order valence-corrected chi connectivity index (χ1v) is 12.7. The average molecular weight is 462 g/mol. The summed E-state index contributed by atoms with van der Waals surface area (Å²) in [6, 6.07) is 11.4. The molecule has 7 nitrogen and oxygen atoms in total. The molecule has 0 aliphatic carbocycles. The molecule has 0 spiro atoms. The standard InChI is InChI=1S/C24H35N3O4S/c1-5-31-24-19(2)17-21(18-20(24)3)32(28,29)25-11-8-12-26-13-15-27(16-14-26)22-9-6-7-10-23(22)30-4/h6-7,9-10,17-18,25H,5,8,11-16H2,1-4H3. The Morgan fingerprint density at radius 2 is 1.69 bits per heavy atom. The third kappa shape index (κ3) is 5.94. The smallest absolute Gasteiger partial charge is 0.240 e. The maximum atomic E-state index is 12.7. The number of benzene rings is 2. The number of hydrogen-bond acceptors (Lipinski definition) is 6. The van der Waals surface area contributed by atoms with Gasteiger partial charge in [-0.1, -0.05) is 12.1 Å². The minimum Gasteiger partial charge on any atom is -0.495 e. The van der Waals surface area contributed by atoms with Gasteiger partial charge in [-0.25, -0.2) is 13.1 Å². The summed E-state index contributed by atoms with van der Waals surface area (Å²) in [7, 11) is -1.84. The Morgan fingerprint density at radius 1 is 1.03 bits per heavy atom. The lowest BCUT2D eigenvalue weighted by Gasteiger charge is -2.36. The van der Waals surface area contributed by atoms with Crippen molar-refractivity contribution in [2.24, 2.45) is 0 Å². The van der Waals surface area contributed by atoms with Crippen LogP contribution in [0.5, 0.6) is 11.5 Å². The molecular weight excluding hydrogens is 426 g/mol. The van der Waals surface area contributed by atoms with Gasteiger partial charge in [0.2, 0.25) is 10.0 Å². The van der Waals surface area contributed by atoms with Crippen LogP contribution in [0, 0.1) is 13.8 Å². The van der Waals surface area contributed by atoms with Crippen molar-refractivity contribution in [1.29, 1.82) is 0 Å². The molecule has 0 amide bonds. The maximum Gasteiger partial charge on any atom is 0.240 e. The average Bonchev–Trinajstić information content (AvgIpc) is 2.79. The van der Waals surface area contributed by atoms with Crippen LogP contribution in [0.15, 0.2) is 41.3 Å². The lowest BCUT2D eigenvalue weighted by molar-refractivity contribution is 0.254. The van der Waals surface area contributed by atoms with Crippen LogP contribution < -0.4 is 19.1 Å². The highest BCUT2D eigenvalue weighted by Crippen LogP contribution is 2.28. The van der Waals surface area contributed by atoms with Crippen LogP contribution in [0.3, 0.4) is 0 Å². The van der Waals surface area contributed by atoms with Gasteiger partial charge in [0.25, 0.3) is 0 Å². The molecule has 0 radical (unpaired) electrons. The molecule has 176 valence electrons. The number of nitrogens with one attached hydrogen (secondary N) is 1. The predicted molar refractivity (Wildman–Crippen MR) is 129 cm³/mol. The van der Waals surface area contributed by atoms with E-state index >= 15 is 0 Å². The van der Waals surface area contributed by atoms with Gasteiger partial charge in [-0.15, -0.1) is 0 Å². The van der Waals surface area contributed by atoms with Gasteiger partial charge < -0.3 is 14.4 Å². The van der Waals surface area contributed by atoms with Crippen molar-refractivity contribution in [1.82, 2.24) is 9.62 Å². The topological polar surface area (TPSA) is 71.1 Å². The first-order valence-electron chi connectivity index (χ1n) is 11.2. The second-order valence-corrected chi connectivity index (χ2v) is 9.84. The summed E-state index contributed by atoms with van der Waals surface area (Å²) in [5, 5.41) is 0. The molecule has 3 rings (SSSR count). The van der Waals surface area contributed by atoms with Gasteiger partial charge >= 0.3 is 0 Å². The molecule has 1 saturated heterocycles. The minimum absolute atomic E-state index is 0.293. The zero-order valence-corrected chi connectivity index (χ0v) is 20.4. The molecule has 8 heteroatoms. The van der Waals surface area contributed by atoms with Crippen LogP contribution in [0.1, 0.15) is 24.5 Å². The van der Waals surface area contributed by atoms with Gasteiger partial charge in [0, 0.05) is 32.7 Å². The number of anilines is 1. The van der Waals surface area contributed by atoms with Crippen LogP contribution in [0.25, 0.3) is 0 Å². The summed E-state index contributed by atoms with van der Waals surface area (Å²) in [6.07, 6.45) is 0.767. The molecule has 1 aliphatic heterocycles. The predicted octanol–water partition coefficient (Wildman–Crippen LogP) is 3.20. The van der Waals surface area contributed by atoms with Crippen LogP contribution in [0.2, 0.25) is 0 Å². The van der Waals surface area contributed by atoms with Crippen molar-refractivity contribution in [3.63, 3.8) is 0 Å². The van der Waals surface area contributed by atoms with E-state index in [1.165, 1.54) is 0 Å². The Kier molecular flexibility index (Phi) is 8.39. The number of hydrogen-bond donors (Lipinski definition) is 1. The first kappa shape index (κ1) is 24.4. The fraction of sp³-hybridized carbons (Fsp3) is 0.500. The summed E-state index contributed by atoms with van der Waals surface area (Å²) >= 11 is 0. The van der Waals surface area contributed by atoms with E-state index in [1.807, 2.05) is 39.0 Å². The Morgan fingerprint density at radius 3 is 2.31 bits per heavy atom. The number of nitrogens with zero attached hydrogens (tertiary/aromatic N) is 2. The second-order valence-electron chi connectivity index (χ2n) is 8.07. The molecule has 1 fully saturated rings. The van der Waals surface area contributed by atoms with Gasteiger partial charge in [-0.2, -0.15) is 0 Å². The molecular formula is C24H35N3O4S. The van der Waals surface area contributed by atoms with Crippen molar-refractivity contribution in [3.8, 4) is 11.5 Å². The van der Waals surface area contributed by atoms with Crippen LogP contribution >= 0.6 is 0 Å². The molecule has 2 aromatic carbocycles. The van der Waals surface area contributed by atoms with E-state index in [2.05, 4.69) is 20.6 Å². The van der Waals surface area contributed by atoms with Crippen LogP contribution in [-0.2, 0) is 10.0 Å². The van der Waals surface area contributed by atoms with E-state index in [1.54, 1.807) is 19.2 Å². The number of para-hydroxylation sites is 2. The molecule has 0 unspecified atom stereocenters. The molecule has 1 N–H and O–H groups in total. The first-order chi connectivity index (χ1) is 15.4. The highest BCUT2D eigenvalue weighted by atomic mass is 32.2. The van der Waals surface area contributed by atoms with Crippen molar-refractivity contribution in [2.45, 2.75) is 32.1 Å². The maximum absolute atomic E-state index is 12.7. The number of ether oxygens (including phenoxy) is 2. The summed E-state index contributed by atoms with van der Waals surface area (Å²) in [5.41, 5.74) is 2.80. The van der Waals surface area contributed by atoms with Gasteiger partial charge in [0.05, 0.1) is 24.3 Å². The molecule has 1 heterocycles. The third-order valence-corrected chi connectivity index (χ3v) is 7.21. The zero-order chi connectivity index (χ0) is 23.1. The van der Waals surface area contributed by atoms with E-state index in [9.17, 15) is 8.42 Å². The summed E-state index contributed by atoms with van der Waals surface area (Å²) < 4.78 is 39.3. The summed E-state index contributed by atoms with van der Waals surface area (Å²) in [6.45, 7) is 11.3. The number of rotatable bonds is 10. The minimum atomic E-state index is -3.54. The van der Waals surface area contributed by atoms with Crippen molar-refractivity contribution >= 4 is 15.7 Å². The third-order valence-electron chi connectivity index (χ3n) is 5.77. The lowest BCUT2D eigenvalue weighted by atomic mass is 10.1. The molecule has 32 heavy (non-hydrogen) atoms. The molecule has 0 bridgehead atoms. The SMILES string of the molecule is CCOc1c(C)cc(S(=O)(=O)NCCCN2CCN(c3ccccc3OC)CC2)cc1C. The van der Waals surface area contributed by atoms with Crippen molar-refractivity contribution in [2.75, 3.05) is 57.9 Å². The van der Waals surface area contributed by atoms with Gasteiger partial charge in [0.15, 0.2) is 0 Å². The van der Waals surface area contributed by atoms with Crippen LogP contribution in [0.4, 0.5) is 5.69 Å².